The van der Waals surface area contributed by atoms with Gasteiger partial charge in [0.15, 0.2) is 6.29 Å². The lowest BCUT2D eigenvalue weighted by Gasteiger charge is -2.41. The van der Waals surface area contributed by atoms with Crippen molar-refractivity contribution in [2.45, 2.75) is 37.3 Å². The van der Waals surface area contributed by atoms with Gasteiger partial charge in [-0.25, -0.2) is 4.18 Å². The second-order valence-corrected chi connectivity index (χ2v) is 6.32. The average molecular weight is 364 g/mol. The molecular formula is C14H20O9S. The van der Waals surface area contributed by atoms with Crippen molar-refractivity contribution in [2.24, 2.45) is 0 Å². The number of rotatable bonds is 7. The van der Waals surface area contributed by atoms with Gasteiger partial charge in [0.05, 0.1) is 13.2 Å². The Balaban J connectivity index is 2.05. The molecule has 2 rings (SSSR count). The Kier molecular flexibility index (Phi) is 6.66. The van der Waals surface area contributed by atoms with Gasteiger partial charge in [-0.15, -0.1) is 0 Å². The lowest BCUT2D eigenvalue weighted by molar-refractivity contribution is -0.302. The molecule has 0 bridgehead atoms. The normalized spacial score (nSPS) is 31.1. The Labute approximate surface area is 139 Å². The van der Waals surface area contributed by atoms with Crippen molar-refractivity contribution in [3.05, 3.63) is 35.9 Å². The van der Waals surface area contributed by atoms with Crippen LogP contribution in [0.1, 0.15) is 5.56 Å². The van der Waals surface area contributed by atoms with Crippen LogP contribution in [-0.2, 0) is 35.4 Å². The Hall–Kier alpha value is -1.11. The van der Waals surface area contributed by atoms with E-state index in [0.717, 1.165) is 5.56 Å². The number of aliphatic hydroxyl groups is 2. The molecule has 0 amide bonds. The fourth-order valence-electron chi connectivity index (χ4n) is 2.35. The summed E-state index contributed by atoms with van der Waals surface area (Å²) in [6.07, 6.45) is -6.11. The van der Waals surface area contributed by atoms with E-state index in [-0.39, 0.29) is 6.61 Å². The maximum absolute atomic E-state index is 10.7. The Bertz CT molecular complexity index is 606. The summed E-state index contributed by atoms with van der Waals surface area (Å²) in [5.74, 6) is 0. The van der Waals surface area contributed by atoms with Crippen molar-refractivity contribution in [1.29, 1.82) is 0 Å². The molecule has 1 fully saturated rings. The van der Waals surface area contributed by atoms with Crippen LogP contribution in [0.2, 0.25) is 0 Å². The van der Waals surface area contributed by atoms with Gasteiger partial charge < -0.3 is 24.4 Å². The van der Waals surface area contributed by atoms with E-state index in [0.29, 0.717) is 0 Å². The fraction of sp³-hybridized carbons (Fsp3) is 0.571. The van der Waals surface area contributed by atoms with Crippen LogP contribution in [0.15, 0.2) is 30.3 Å². The zero-order chi connectivity index (χ0) is 17.7. The zero-order valence-corrected chi connectivity index (χ0v) is 13.7. The summed E-state index contributed by atoms with van der Waals surface area (Å²) in [5.41, 5.74) is 0.822. The average Bonchev–Trinajstić information content (AvgIpc) is 2.54. The number of benzene rings is 1. The highest BCUT2D eigenvalue weighted by atomic mass is 32.3. The molecule has 10 heteroatoms. The molecule has 3 N–H and O–H groups in total. The summed E-state index contributed by atoms with van der Waals surface area (Å²) in [6.45, 7) is -0.542. The molecule has 1 saturated heterocycles. The van der Waals surface area contributed by atoms with Crippen molar-refractivity contribution in [3.63, 3.8) is 0 Å². The topological polar surface area (TPSA) is 132 Å². The van der Waals surface area contributed by atoms with Gasteiger partial charge in [-0.3, -0.25) is 4.55 Å². The van der Waals surface area contributed by atoms with E-state index in [1.165, 1.54) is 7.11 Å². The standard InChI is InChI=1S/C14H20O9S/c1-20-14-12(16)13(21-7-9-5-3-2-4-6-9)11(15)10(23-14)8-22-24(17,18)19/h2-6,10-16H,7-8H2,1H3,(H,17,18,19)/t10-,11-,12-,13+,14+/m1/s1. The molecule has 9 nitrogen and oxygen atoms in total. The van der Waals surface area contributed by atoms with Crippen molar-refractivity contribution in [1.82, 2.24) is 0 Å². The molecule has 0 unspecified atom stereocenters. The van der Waals surface area contributed by atoms with Crippen LogP contribution < -0.4 is 0 Å². The van der Waals surface area contributed by atoms with E-state index in [2.05, 4.69) is 4.18 Å². The first-order chi connectivity index (χ1) is 11.3. The highest BCUT2D eigenvalue weighted by Gasteiger charge is 2.46. The molecule has 0 aromatic heterocycles. The first-order valence-corrected chi connectivity index (χ1v) is 8.50. The van der Waals surface area contributed by atoms with Crippen LogP contribution >= 0.6 is 0 Å². The molecule has 1 aliphatic heterocycles. The third-order valence-electron chi connectivity index (χ3n) is 3.54. The first kappa shape index (κ1) is 19.2. The largest absolute Gasteiger partial charge is 0.397 e. The lowest BCUT2D eigenvalue weighted by Crippen LogP contribution is -2.60. The predicted molar refractivity (Wildman–Crippen MR) is 80.2 cm³/mol. The van der Waals surface area contributed by atoms with Crippen LogP contribution in [-0.4, -0.2) is 67.6 Å². The van der Waals surface area contributed by atoms with Gasteiger partial charge in [0.1, 0.15) is 24.4 Å². The third-order valence-corrected chi connectivity index (χ3v) is 3.97. The van der Waals surface area contributed by atoms with Gasteiger partial charge in [0, 0.05) is 7.11 Å². The van der Waals surface area contributed by atoms with E-state index >= 15 is 0 Å². The molecule has 1 heterocycles. The summed E-state index contributed by atoms with van der Waals surface area (Å²) in [6, 6.07) is 9.09. The Morgan fingerprint density at radius 1 is 1.17 bits per heavy atom. The molecule has 0 radical (unpaired) electrons. The minimum absolute atomic E-state index is 0.113. The molecule has 0 saturated carbocycles. The quantitative estimate of drug-likeness (QED) is 0.547. The molecule has 24 heavy (non-hydrogen) atoms. The van der Waals surface area contributed by atoms with Gasteiger partial charge >= 0.3 is 10.4 Å². The molecule has 136 valence electrons. The van der Waals surface area contributed by atoms with Gasteiger partial charge in [-0.05, 0) is 5.56 Å². The lowest BCUT2D eigenvalue weighted by atomic mass is 9.99. The molecule has 1 aliphatic rings. The molecular weight excluding hydrogens is 344 g/mol. The number of hydrogen-bond acceptors (Lipinski definition) is 8. The minimum atomic E-state index is -4.69. The van der Waals surface area contributed by atoms with Crippen LogP contribution in [0.4, 0.5) is 0 Å². The minimum Gasteiger partial charge on any atom is -0.387 e. The van der Waals surface area contributed by atoms with Crippen LogP contribution in [0.5, 0.6) is 0 Å². The highest BCUT2D eigenvalue weighted by Crippen LogP contribution is 2.25. The molecule has 0 spiro atoms. The smallest absolute Gasteiger partial charge is 0.387 e. The van der Waals surface area contributed by atoms with Gasteiger partial charge in [0.2, 0.25) is 0 Å². The van der Waals surface area contributed by atoms with Gasteiger partial charge in [-0.2, -0.15) is 8.42 Å². The van der Waals surface area contributed by atoms with Gasteiger partial charge in [0.25, 0.3) is 0 Å². The second kappa shape index (κ2) is 8.32. The van der Waals surface area contributed by atoms with E-state index in [4.69, 9.17) is 18.8 Å². The summed E-state index contributed by atoms with van der Waals surface area (Å²) in [4.78, 5) is 0. The third kappa shape index (κ3) is 5.19. The summed E-state index contributed by atoms with van der Waals surface area (Å²) in [5, 5.41) is 20.4. The van der Waals surface area contributed by atoms with Crippen molar-refractivity contribution >= 4 is 10.4 Å². The molecule has 5 atom stereocenters. The van der Waals surface area contributed by atoms with Crippen molar-refractivity contribution in [3.8, 4) is 0 Å². The van der Waals surface area contributed by atoms with Crippen LogP contribution in [0, 0.1) is 0 Å². The van der Waals surface area contributed by atoms with Crippen molar-refractivity contribution < 1.29 is 41.6 Å². The maximum Gasteiger partial charge on any atom is 0.397 e. The van der Waals surface area contributed by atoms with Crippen LogP contribution in [0.25, 0.3) is 0 Å². The molecule has 0 aliphatic carbocycles. The number of methoxy groups -OCH3 is 1. The van der Waals surface area contributed by atoms with E-state index in [1.807, 2.05) is 30.3 Å². The molecule has 1 aromatic carbocycles. The maximum atomic E-state index is 10.7. The molecule has 1 aromatic rings. The number of hydrogen-bond donors (Lipinski definition) is 3. The van der Waals surface area contributed by atoms with E-state index in [1.54, 1.807) is 0 Å². The second-order valence-electron chi connectivity index (χ2n) is 5.23. The number of ether oxygens (including phenoxy) is 3. The van der Waals surface area contributed by atoms with Crippen molar-refractivity contribution in [2.75, 3.05) is 13.7 Å². The van der Waals surface area contributed by atoms with E-state index in [9.17, 15) is 18.6 Å². The summed E-state index contributed by atoms with van der Waals surface area (Å²) >= 11 is 0. The fourth-order valence-corrected chi connectivity index (χ4v) is 2.66. The highest BCUT2D eigenvalue weighted by molar-refractivity contribution is 7.80. The van der Waals surface area contributed by atoms with Gasteiger partial charge in [-0.1, -0.05) is 30.3 Å². The SMILES string of the molecule is CO[C@H]1O[C@H](COS(=O)(=O)O)[C@@H](O)[C@H](OCc2ccccc2)[C@H]1O. The van der Waals surface area contributed by atoms with E-state index < -0.39 is 47.7 Å². The Morgan fingerprint density at radius 2 is 1.83 bits per heavy atom. The predicted octanol–water partition coefficient (Wildman–Crippen LogP) is -0.516. The van der Waals surface area contributed by atoms with Crippen LogP contribution in [0.3, 0.4) is 0 Å². The zero-order valence-electron chi connectivity index (χ0n) is 12.9. The monoisotopic (exact) mass is 364 g/mol. The Morgan fingerprint density at radius 3 is 2.42 bits per heavy atom. The summed E-state index contributed by atoms with van der Waals surface area (Å²) < 4.78 is 50.0. The first-order valence-electron chi connectivity index (χ1n) is 7.13. The number of aliphatic hydroxyl groups excluding tert-OH is 2. The summed E-state index contributed by atoms with van der Waals surface area (Å²) in [7, 11) is -3.41.